The summed E-state index contributed by atoms with van der Waals surface area (Å²) >= 11 is 20.3. The molecular formula is C16H15Cl3OS. The first-order valence-electron chi connectivity index (χ1n) is 6.30. The topological polar surface area (TPSA) is 9.23 Å². The van der Waals surface area contributed by atoms with Crippen LogP contribution in [0.3, 0.4) is 0 Å². The highest BCUT2D eigenvalue weighted by Gasteiger charge is 2.35. The Morgan fingerprint density at radius 1 is 0.905 bits per heavy atom. The largest absolute Gasteiger partial charge is 0.497 e. The van der Waals surface area contributed by atoms with E-state index >= 15 is 0 Å². The van der Waals surface area contributed by atoms with Crippen LogP contribution >= 0.6 is 46.6 Å². The van der Waals surface area contributed by atoms with Crippen molar-refractivity contribution in [3.8, 4) is 5.75 Å². The van der Waals surface area contributed by atoms with Gasteiger partial charge in [0.15, 0.2) is 0 Å². The first-order valence-corrected chi connectivity index (χ1v) is 8.66. The van der Waals surface area contributed by atoms with E-state index in [1.165, 1.54) is 4.90 Å². The first kappa shape index (κ1) is 16.8. The van der Waals surface area contributed by atoms with Gasteiger partial charge < -0.3 is 4.74 Å². The molecule has 1 atom stereocenters. The molecule has 0 aliphatic rings. The molecule has 0 aromatic heterocycles. The van der Waals surface area contributed by atoms with Crippen molar-refractivity contribution < 1.29 is 4.74 Å². The number of thioether (sulfide) groups is 1. The number of benzene rings is 2. The standard InChI is InChI=1S/C16H15Cl3OS/c1-20-13-7-3-11(4-8-13)15(16(17,18)19)12-5-9-14(21-2)10-6-12/h3-10,15H,1-2H3/t15-/m1/s1. The molecule has 0 fully saturated rings. The molecule has 0 heterocycles. The number of methoxy groups -OCH3 is 1. The molecule has 1 nitrogen and oxygen atoms in total. The molecule has 0 spiro atoms. The second-order valence-electron chi connectivity index (χ2n) is 4.52. The molecule has 0 aliphatic heterocycles. The molecule has 0 bridgehead atoms. The minimum absolute atomic E-state index is 0.329. The lowest BCUT2D eigenvalue weighted by Crippen LogP contribution is -2.18. The van der Waals surface area contributed by atoms with E-state index < -0.39 is 3.79 Å². The lowest BCUT2D eigenvalue weighted by atomic mass is 9.92. The second-order valence-corrected chi connectivity index (χ2v) is 7.77. The number of alkyl halides is 3. The van der Waals surface area contributed by atoms with Gasteiger partial charge in [-0.15, -0.1) is 11.8 Å². The lowest BCUT2D eigenvalue weighted by molar-refractivity contribution is 0.414. The van der Waals surface area contributed by atoms with Crippen LogP contribution in [-0.4, -0.2) is 17.2 Å². The molecule has 0 saturated carbocycles. The molecule has 2 aromatic carbocycles. The Bertz CT molecular complexity index is 528. The third-order valence-corrected chi connectivity index (χ3v) is 4.62. The van der Waals surface area contributed by atoms with E-state index in [0.29, 0.717) is 0 Å². The fraction of sp³-hybridized carbons (Fsp3) is 0.250. The van der Waals surface area contributed by atoms with Crippen LogP contribution in [0.1, 0.15) is 17.0 Å². The molecule has 0 saturated heterocycles. The smallest absolute Gasteiger partial charge is 0.201 e. The van der Waals surface area contributed by atoms with E-state index in [0.717, 1.165) is 16.9 Å². The summed E-state index contributed by atoms with van der Waals surface area (Å²) in [6.07, 6.45) is 2.03. The van der Waals surface area contributed by atoms with Crippen molar-refractivity contribution in [3.05, 3.63) is 59.7 Å². The number of hydrogen-bond acceptors (Lipinski definition) is 2. The highest BCUT2D eigenvalue weighted by molar-refractivity contribution is 7.98. The Kier molecular flexibility index (Phi) is 5.73. The van der Waals surface area contributed by atoms with Crippen LogP contribution < -0.4 is 4.74 Å². The summed E-state index contributed by atoms with van der Waals surface area (Å²) in [4.78, 5) is 1.18. The van der Waals surface area contributed by atoms with Crippen LogP contribution in [0.15, 0.2) is 53.4 Å². The van der Waals surface area contributed by atoms with Crippen LogP contribution in [-0.2, 0) is 0 Å². The van der Waals surface area contributed by atoms with Gasteiger partial charge in [0.25, 0.3) is 0 Å². The van der Waals surface area contributed by atoms with Gasteiger partial charge in [-0.2, -0.15) is 0 Å². The molecule has 0 unspecified atom stereocenters. The Labute approximate surface area is 144 Å². The van der Waals surface area contributed by atoms with Gasteiger partial charge in [0, 0.05) is 4.90 Å². The van der Waals surface area contributed by atoms with Gasteiger partial charge in [0.1, 0.15) is 5.75 Å². The number of ether oxygens (including phenoxy) is 1. The molecule has 0 aliphatic carbocycles. The summed E-state index contributed by atoms with van der Waals surface area (Å²) in [5, 5.41) is 0. The summed E-state index contributed by atoms with van der Waals surface area (Å²) in [6.45, 7) is 0. The Balaban J connectivity index is 2.41. The van der Waals surface area contributed by atoms with E-state index in [1.807, 2.05) is 54.8 Å². The van der Waals surface area contributed by atoms with Crippen LogP contribution in [0.5, 0.6) is 5.75 Å². The maximum absolute atomic E-state index is 6.21. The predicted molar refractivity (Wildman–Crippen MR) is 93.4 cm³/mol. The average Bonchev–Trinajstić information content (AvgIpc) is 2.47. The third kappa shape index (κ3) is 4.23. The predicted octanol–water partition coefficient (Wildman–Crippen LogP) is 5.92. The van der Waals surface area contributed by atoms with Gasteiger partial charge in [0.05, 0.1) is 13.0 Å². The van der Waals surface area contributed by atoms with Gasteiger partial charge in [-0.25, -0.2) is 0 Å². The summed E-state index contributed by atoms with van der Waals surface area (Å²) < 4.78 is 3.75. The van der Waals surface area contributed by atoms with Gasteiger partial charge in [-0.1, -0.05) is 59.1 Å². The molecule has 0 amide bonds. The van der Waals surface area contributed by atoms with E-state index in [-0.39, 0.29) is 5.92 Å². The Morgan fingerprint density at radius 2 is 1.38 bits per heavy atom. The van der Waals surface area contributed by atoms with Crippen molar-refractivity contribution in [2.75, 3.05) is 13.4 Å². The highest BCUT2D eigenvalue weighted by atomic mass is 35.6. The maximum atomic E-state index is 6.21. The quantitative estimate of drug-likeness (QED) is 0.494. The molecule has 21 heavy (non-hydrogen) atoms. The molecule has 2 rings (SSSR count). The molecule has 5 heteroatoms. The van der Waals surface area contributed by atoms with E-state index in [1.54, 1.807) is 18.9 Å². The van der Waals surface area contributed by atoms with Crippen molar-refractivity contribution in [1.29, 1.82) is 0 Å². The molecular weight excluding hydrogens is 347 g/mol. The van der Waals surface area contributed by atoms with Crippen molar-refractivity contribution in [2.24, 2.45) is 0 Å². The minimum atomic E-state index is -1.42. The minimum Gasteiger partial charge on any atom is -0.497 e. The van der Waals surface area contributed by atoms with Crippen molar-refractivity contribution in [2.45, 2.75) is 14.6 Å². The number of rotatable bonds is 4. The van der Waals surface area contributed by atoms with E-state index in [4.69, 9.17) is 39.5 Å². The van der Waals surface area contributed by atoms with Crippen LogP contribution in [0, 0.1) is 0 Å². The van der Waals surface area contributed by atoms with Crippen molar-refractivity contribution in [1.82, 2.24) is 0 Å². The highest BCUT2D eigenvalue weighted by Crippen LogP contribution is 2.46. The normalized spacial score (nSPS) is 13.0. The van der Waals surface area contributed by atoms with Crippen LogP contribution in [0.25, 0.3) is 0 Å². The zero-order valence-electron chi connectivity index (χ0n) is 11.6. The van der Waals surface area contributed by atoms with Crippen molar-refractivity contribution in [3.63, 3.8) is 0 Å². The second kappa shape index (κ2) is 7.15. The zero-order chi connectivity index (χ0) is 15.5. The average molecular weight is 362 g/mol. The van der Waals surface area contributed by atoms with Crippen LogP contribution in [0.2, 0.25) is 0 Å². The summed E-state index contributed by atoms with van der Waals surface area (Å²) in [7, 11) is 1.63. The SMILES string of the molecule is COc1ccc([C@H](c2ccc(SC)cc2)C(Cl)(Cl)Cl)cc1. The van der Waals surface area contributed by atoms with E-state index in [9.17, 15) is 0 Å². The molecule has 2 aromatic rings. The van der Waals surface area contributed by atoms with Gasteiger partial charge >= 0.3 is 0 Å². The van der Waals surface area contributed by atoms with Gasteiger partial charge in [-0.3, -0.25) is 0 Å². The number of hydrogen-bond donors (Lipinski definition) is 0. The summed E-state index contributed by atoms with van der Waals surface area (Å²) in [5.41, 5.74) is 1.91. The number of halogens is 3. The Hall–Kier alpha value is -0.540. The summed E-state index contributed by atoms with van der Waals surface area (Å²) in [5.74, 6) is 0.448. The van der Waals surface area contributed by atoms with Gasteiger partial charge in [-0.05, 0) is 41.6 Å². The van der Waals surface area contributed by atoms with Crippen molar-refractivity contribution >= 4 is 46.6 Å². The van der Waals surface area contributed by atoms with Gasteiger partial charge in [0.2, 0.25) is 3.79 Å². The molecule has 0 N–H and O–H groups in total. The Morgan fingerprint density at radius 3 is 1.76 bits per heavy atom. The molecule has 112 valence electrons. The molecule has 0 radical (unpaired) electrons. The summed E-state index contributed by atoms with van der Waals surface area (Å²) in [6, 6.07) is 15.7. The fourth-order valence-electron chi connectivity index (χ4n) is 2.16. The van der Waals surface area contributed by atoms with Crippen LogP contribution in [0.4, 0.5) is 0 Å². The maximum Gasteiger partial charge on any atom is 0.201 e. The lowest BCUT2D eigenvalue weighted by Gasteiger charge is -2.25. The monoisotopic (exact) mass is 360 g/mol. The first-order chi connectivity index (χ1) is 9.95. The van der Waals surface area contributed by atoms with E-state index in [2.05, 4.69) is 0 Å². The third-order valence-electron chi connectivity index (χ3n) is 3.23. The zero-order valence-corrected chi connectivity index (χ0v) is 14.7. The fourth-order valence-corrected chi connectivity index (χ4v) is 3.33.